The van der Waals surface area contributed by atoms with Gasteiger partial charge in [0.2, 0.25) is 0 Å². The van der Waals surface area contributed by atoms with Gasteiger partial charge in [-0.15, -0.1) is 0 Å². The zero-order valence-corrected chi connectivity index (χ0v) is 7.08. The highest BCUT2D eigenvalue weighted by molar-refractivity contribution is 4.61. The van der Waals surface area contributed by atoms with E-state index in [9.17, 15) is 8.78 Å². The Kier molecular flexibility index (Phi) is 6.14. The van der Waals surface area contributed by atoms with Crippen LogP contribution in [0.4, 0.5) is 8.78 Å². The third-order valence-electron chi connectivity index (χ3n) is 1.33. The molecule has 0 bridgehead atoms. The smallest absolute Gasteiger partial charge is 0.251 e. The second-order valence-electron chi connectivity index (χ2n) is 2.72. The van der Waals surface area contributed by atoms with Crippen LogP contribution >= 0.6 is 0 Å². The minimum absolute atomic E-state index is 0.167. The second kappa shape index (κ2) is 6.28. The molecule has 0 fully saturated rings. The summed E-state index contributed by atoms with van der Waals surface area (Å²) in [5.41, 5.74) is 0. The molecule has 3 nitrogen and oxygen atoms in total. The quantitative estimate of drug-likeness (QED) is 0.605. The first-order valence-corrected chi connectivity index (χ1v) is 3.85. The van der Waals surface area contributed by atoms with Crippen LogP contribution in [0.5, 0.6) is 0 Å². The monoisotopic (exact) mass is 183 g/mol. The Hall–Kier alpha value is -0.260. The van der Waals surface area contributed by atoms with Crippen LogP contribution in [0.1, 0.15) is 6.92 Å². The van der Waals surface area contributed by atoms with Crippen LogP contribution in [-0.2, 0) is 0 Å². The summed E-state index contributed by atoms with van der Waals surface area (Å²) in [6, 6.07) is 0. The van der Waals surface area contributed by atoms with Gasteiger partial charge in [-0.05, 0) is 6.92 Å². The third kappa shape index (κ3) is 6.45. The number of rotatable bonds is 6. The molecular formula is C7H15F2NO2. The summed E-state index contributed by atoms with van der Waals surface area (Å²) < 4.78 is 23.7. The molecule has 0 saturated heterocycles. The number of hydrogen-bond acceptors (Lipinski definition) is 3. The van der Waals surface area contributed by atoms with E-state index in [4.69, 9.17) is 10.2 Å². The van der Waals surface area contributed by atoms with E-state index >= 15 is 0 Å². The number of nitrogens with zero attached hydrogens (tertiary/aromatic N) is 1. The predicted octanol–water partition coefficient (Wildman–Crippen LogP) is -0.0734. The standard InChI is InChI=1S/C7H15F2NO2/c1-6(12)4-10(2-3-11)5-7(8)9/h6-7,11-12H,2-5H2,1H3/t6-/m1/s1. The molecule has 0 aliphatic heterocycles. The van der Waals surface area contributed by atoms with E-state index in [0.717, 1.165) is 0 Å². The van der Waals surface area contributed by atoms with Crippen molar-refractivity contribution in [3.63, 3.8) is 0 Å². The molecule has 0 spiro atoms. The van der Waals surface area contributed by atoms with Gasteiger partial charge in [0.15, 0.2) is 0 Å². The van der Waals surface area contributed by atoms with E-state index in [1.807, 2.05) is 0 Å². The minimum Gasteiger partial charge on any atom is -0.395 e. The van der Waals surface area contributed by atoms with Crippen molar-refractivity contribution in [2.45, 2.75) is 19.5 Å². The molecule has 2 N–H and O–H groups in total. The Morgan fingerprint density at radius 1 is 1.33 bits per heavy atom. The second-order valence-corrected chi connectivity index (χ2v) is 2.72. The summed E-state index contributed by atoms with van der Waals surface area (Å²) in [7, 11) is 0. The highest BCUT2D eigenvalue weighted by atomic mass is 19.3. The maximum Gasteiger partial charge on any atom is 0.251 e. The van der Waals surface area contributed by atoms with Gasteiger partial charge in [0, 0.05) is 13.1 Å². The minimum atomic E-state index is -2.42. The van der Waals surface area contributed by atoms with E-state index in [-0.39, 0.29) is 19.7 Å². The van der Waals surface area contributed by atoms with Crippen LogP contribution in [0.15, 0.2) is 0 Å². The van der Waals surface area contributed by atoms with Gasteiger partial charge < -0.3 is 10.2 Å². The Labute approximate surface area is 70.6 Å². The van der Waals surface area contributed by atoms with E-state index in [0.29, 0.717) is 0 Å². The fraction of sp³-hybridized carbons (Fsp3) is 1.00. The number of aliphatic hydroxyl groups is 2. The molecule has 0 heterocycles. The first-order valence-electron chi connectivity index (χ1n) is 3.85. The van der Waals surface area contributed by atoms with Crippen LogP contribution in [0, 0.1) is 0 Å². The molecule has 0 aromatic rings. The van der Waals surface area contributed by atoms with Crippen LogP contribution in [0.25, 0.3) is 0 Å². The van der Waals surface area contributed by atoms with Gasteiger partial charge in [-0.2, -0.15) is 0 Å². The number of hydrogen-bond donors (Lipinski definition) is 2. The van der Waals surface area contributed by atoms with Crippen LogP contribution < -0.4 is 0 Å². The van der Waals surface area contributed by atoms with Gasteiger partial charge in [0.25, 0.3) is 6.43 Å². The zero-order valence-electron chi connectivity index (χ0n) is 7.08. The number of halogens is 2. The van der Waals surface area contributed by atoms with E-state index < -0.39 is 19.1 Å². The average Bonchev–Trinajstić information content (AvgIpc) is 1.84. The molecule has 0 aromatic carbocycles. The lowest BCUT2D eigenvalue weighted by molar-refractivity contribution is 0.0513. The van der Waals surface area contributed by atoms with Crippen molar-refractivity contribution in [1.29, 1.82) is 0 Å². The van der Waals surface area contributed by atoms with Gasteiger partial charge in [-0.3, -0.25) is 4.90 Å². The van der Waals surface area contributed by atoms with E-state index in [2.05, 4.69) is 0 Å². The SMILES string of the molecule is C[C@@H](O)CN(CCO)CC(F)F. The normalized spacial score (nSPS) is 14.2. The van der Waals surface area contributed by atoms with Crippen LogP contribution in [-0.4, -0.2) is 53.9 Å². The molecule has 1 atom stereocenters. The number of alkyl halides is 2. The molecule has 0 unspecified atom stereocenters. The summed E-state index contributed by atoms with van der Waals surface area (Å²) in [4.78, 5) is 1.33. The molecule has 0 aliphatic carbocycles. The molecule has 74 valence electrons. The molecule has 0 aromatic heterocycles. The molecular weight excluding hydrogens is 168 g/mol. The van der Waals surface area contributed by atoms with Crippen molar-refractivity contribution in [2.24, 2.45) is 0 Å². The van der Waals surface area contributed by atoms with Crippen LogP contribution in [0.3, 0.4) is 0 Å². The number of aliphatic hydroxyl groups excluding tert-OH is 2. The Bertz CT molecular complexity index is 102. The maximum atomic E-state index is 11.9. The molecule has 0 saturated carbocycles. The molecule has 12 heavy (non-hydrogen) atoms. The average molecular weight is 183 g/mol. The highest BCUT2D eigenvalue weighted by Gasteiger charge is 2.12. The highest BCUT2D eigenvalue weighted by Crippen LogP contribution is 1.99. The lowest BCUT2D eigenvalue weighted by Gasteiger charge is -2.21. The molecule has 0 amide bonds. The first-order chi connectivity index (χ1) is 5.56. The van der Waals surface area contributed by atoms with Crippen molar-refractivity contribution < 1.29 is 19.0 Å². The zero-order chi connectivity index (χ0) is 9.56. The van der Waals surface area contributed by atoms with Gasteiger partial charge in [-0.1, -0.05) is 0 Å². The van der Waals surface area contributed by atoms with E-state index in [1.165, 1.54) is 11.8 Å². The van der Waals surface area contributed by atoms with Crippen molar-refractivity contribution >= 4 is 0 Å². The summed E-state index contributed by atoms with van der Waals surface area (Å²) in [5, 5.41) is 17.4. The van der Waals surface area contributed by atoms with Gasteiger partial charge in [0.1, 0.15) is 0 Å². The summed E-state index contributed by atoms with van der Waals surface area (Å²) in [5.74, 6) is 0. The fourth-order valence-corrected chi connectivity index (χ4v) is 0.967. The fourth-order valence-electron chi connectivity index (χ4n) is 0.967. The maximum absolute atomic E-state index is 11.9. The molecule has 0 rings (SSSR count). The van der Waals surface area contributed by atoms with Crippen molar-refractivity contribution in [3.8, 4) is 0 Å². The van der Waals surface area contributed by atoms with Crippen molar-refractivity contribution in [3.05, 3.63) is 0 Å². The van der Waals surface area contributed by atoms with Crippen molar-refractivity contribution in [2.75, 3.05) is 26.2 Å². The van der Waals surface area contributed by atoms with E-state index in [1.54, 1.807) is 0 Å². The summed E-state index contributed by atoms with van der Waals surface area (Å²) >= 11 is 0. The van der Waals surface area contributed by atoms with Gasteiger partial charge >= 0.3 is 0 Å². The largest absolute Gasteiger partial charge is 0.395 e. The van der Waals surface area contributed by atoms with Gasteiger partial charge in [0.05, 0.1) is 19.3 Å². The lowest BCUT2D eigenvalue weighted by Crippen LogP contribution is -2.36. The Morgan fingerprint density at radius 3 is 2.25 bits per heavy atom. The predicted molar refractivity (Wildman–Crippen MR) is 41.2 cm³/mol. The summed E-state index contributed by atoms with van der Waals surface area (Å²) in [6.45, 7) is 1.31. The molecule has 0 radical (unpaired) electrons. The first kappa shape index (κ1) is 11.7. The Balaban J connectivity index is 3.69. The Morgan fingerprint density at radius 2 is 1.92 bits per heavy atom. The van der Waals surface area contributed by atoms with Crippen LogP contribution in [0.2, 0.25) is 0 Å². The molecule has 5 heteroatoms. The van der Waals surface area contributed by atoms with Crippen molar-refractivity contribution in [1.82, 2.24) is 4.90 Å². The summed E-state index contributed by atoms with van der Waals surface area (Å²) in [6.07, 6.45) is -3.06. The molecule has 0 aliphatic rings. The topological polar surface area (TPSA) is 43.7 Å². The third-order valence-corrected chi connectivity index (χ3v) is 1.33. The lowest BCUT2D eigenvalue weighted by atomic mass is 10.3. The van der Waals surface area contributed by atoms with Gasteiger partial charge in [-0.25, -0.2) is 8.78 Å².